The van der Waals surface area contributed by atoms with Gasteiger partial charge < -0.3 is 9.84 Å². The van der Waals surface area contributed by atoms with Gasteiger partial charge in [-0.3, -0.25) is 4.68 Å². The summed E-state index contributed by atoms with van der Waals surface area (Å²) in [5, 5.41) is 14.7. The molecule has 2 rings (SSSR count). The van der Waals surface area contributed by atoms with Crippen molar-refractivity contribution in [2.45, 2.75) is 19.4 Å². The number of aliphatic hydroxyl groups excluding tert-OH is 1. The second kappa shape index (κ2) is 5.23. The van der Waals surface area contributed by atoms with E-state index < -0.39 is 6.10 Å². The van der Waals surface area contributed by atoms with Crippen LogP contribution in [0, 0.1) is 0 Å². The monoisotopic (exact) mass is 246 g/mol. The molecule has 1 aromatic heterocycles. The molecule has 0 bridgehead atoms. The number of methoxy groups -OCH3 is 1. The van der Waals surface area contributed by atoms with Gasteiger partial charge in [0.15, 0.2) is 0 Å². The van der Waals surface area contributed by atoms with Crippen LogP contribution in [-0.2, 0) is 13.5 Å². The van der Waals surface area contributed by atoms with Crippen LogP contribution in [0.25, 0.3) is 0 Å². The lowest BCUT2D eigenvalue weighted by molar-refractivity contribution is 0.209. The summed E-state index contributed by atoms with van der Waals surface area (Å²) < 4.78 is 6.89. The molecule has 0 aliphatic heterocycles. The van der Waals surface area contributed by atoms with E-state index in [1.54, 1.807) is 11.8 Å². The SMILES string of the molecule is CCc1cc(C(O)c2cccc(OC)c2)n(C)n1. The highest BCUT2D eigenvalue weighted by Gasteiger charge is 2.16. The molecule has 4 heteroatoms. The predicted molar refractivity (Wildman–Crippen MR) is 69.6 cm³/mol. The van der Waals surface area contributed by atoms with Crippen molar-refractivity contribution in [3.05, 3.63) is 47.3 Å². The summed E-state index contributed by atoms with van der Waals surface area (Å²) in [4.78, 5) is 0. The fraction of sp³-hybridized carbons (Fsp3) is 0.357. The molecule has 18 heavy (non-hydrogen) atoms. The molecule has 0 aliphatic carbocycles. The second-order valence-electron chi connectivity index (χ2n) is 4.22. The topological polar surface area (TPSA) is 47.3 Å². The van der Waals surface area contributed by atoms with Crippen molar-refractivity contribution in [1.29, 1.82) is 0 Å². The van der Waals surface area contributed by atoms with Gasteiger partial charge in [0.1, 0.15) is 11.9 Å². The Morgan fingerprint density at radius 3 is 2.78 bits per heavy atom. The van der Waals surface area contributed by atoms with Crippen molar-refractivity contribution in [2.75, 3.05) is 7.11 Å². The summed E-state index contributed by atoms with van der Waals surface area (Å²) in [5.41, 5.74) is 2.58. The molecule has 1 atom stereocenters. The first kappa shape index (κ1) is 12.6. The summed E-state index contributed by atoms with van der Waals surface area (Å²) in [5.74, 6) is 0.740. The average molecular weight is 246 g/mol. The largest absolute Gasteiger partial charge is 0.497 e. The number of aliphatic hydroxyl groups is 1. The normalized spacial score (nSPS) is 12.4. The van der Waals surface area contributed by atoms with Crippen LogP contribution in [0.3, 0.4) is 0 Å². The molecule has 1 aromatic carbocycles. The molecular formula is C14H18N2O2. The number of benzene rings is 1. The first-order valence-corrected chi connectivity index (χ1v) is 6.00. The lowest BCUT2D eigenvalue weighted by atomic mass is 10.1. The Labute approximate surface area is 107 Å². The van der Waals surface area contributed by atoms with E-state index in [4.69, 9.17) is 4.74 Å². The fourth-order valence-corrected chi connectivity index (χ4v) is 1.95. The molecule has 0 amide bonds. The third-order valence-corrected chi connectivity index (χ3v) is 3.02. The van der Waals surface area contributed by atoms with E-state index in [1.165, 1.54) is 0 Å². The van der Waals surface area contributed by atoms with Crippen LogP contribution in [0.2, 0.25) is 0 Å². The van der Waals surface area contributed by atoms with Crippen molar-refractivity contribution in [3.63, 3.8) is 0 Å². The van der Waals surface area contributed by atoms with Gasteiger partial charge in [-0.15, -0.1) is 0 Å². The number of aromatic nitrogens is 2. The first-order chi connectivity index (χ1) is 8.65. The van der Waals surface area contributed by atoms with E-state index in [0.29, 0.717) is 0 Å². The molecule has 4 nitrogen and oxygen atoms in total. The van der Waals surface area contributed by atoms with Gasteiger partial charge in [0.2, 0.25) is 0 Å². The van der Waals surface area contributed by atoms with Crippen LogP contribution < -0.4 is 4.74 Å². The zero-order valence-corrected chi connectivity index (χ0v) is 10.9. The van der Waals surface area contributed by atoms with Crippen LogP contribution in [0.5, 0.6) is 5.75 Å². The lowest BCUT2D eigenvalue weighted by Gasteiger charge is -2.12. The van der Waals surface area contributed by atoms with Crippen molar-refractivity contribution in [2.24, 2.45) is 7.05 Å². The lowest BCUT2D eigenvalue weighted by Crippen LogP contribution is -2.06. The van der Waals surface area contributed by atoms with Crippen molar-refractivity contribution in [1.82, 2.24) is 9.78 Å². The van der Waals surface area contributed by atoms with Gasteiger partial charge in [-0.1, -0.05) is 19.1 Å². The third kappa shape index (κ3) is 2.38. The number of ether oxygens (including phenoxy) is 1. The molecule has 96 valence electrons. The van der Waals surface area contributed by atoms with Gasteiger partial charge in [-0.2, -0.15) is 5.10 Å². The van der Waals surface area contributed by atoms with E-state index in [0.717, 1.165) is 29.1 Å². The molecule has 0 fully saturated rings. The number of hydrogen-bond donors (Lipinski definition) is 1. The molecule has 1 heterocycles. The van der Waals surface area contributed by atoms with Gasteiger partial charge in [-0.25, -0.2) is 0 Å². The van der Waals surface area contributed by atoms with Gasteiger partial charge in [0, 0.05) is 7.05 Å². The van der Waals surface area contributed by atoms with Crippen LogP contribution in [0.1, 0.15) is 30.0 Å². The minimum absolute atomic E-state index is 0.683. The average Bonchev–Trinajstić information content (AvgIpc) is 2.79. The van der Waals surface area contributed by atoms with Gasteiger partial charge in [0.25, 0.3) is 0 Å². The minimum Gasteiger partial charge on any atom is -0.497 e. The Balaban J connectivity index is 2.34. The number of nitrogens with zero attached hydrogens (tertiary/aromatic N) is 2. The van der Waals surface area contributed by atoms with Crippen LogP contribution >= 0.6 is 0 Å². The smallest absolute Gasteiger partial charge is 0.121 e. The third-order valence-electron chi connectivity index (χ3n) is 3.02. The maximum atomic E-state index is 10.4. The van der Waals surface area contributed by atoms with E-state index in [1.807, 2.05) is 44.3 Å². The van der Waals surface area contributed by atoms with Crippen molar-refractivity contribution < 1.29 is 9.84 Å². The number of hydrogen-bond acceptors (Lipinski definition) is 3. The minimum atomic E-state index is -0.683. The summed E-state index contributed by atoms with van der Waals surface area (Å²) in [6.07, 6.45) is 0.177. The van der Waals surface area contributed by atoms with Gasteiger partial charge in [0.05, 0.1) is 18.5 Å². The zero-order chi connectivity index (χ0) is 13.1. The van der Waals surface area contributed by atoms with Crippen molar-refractivity contribution in [3.8, 4) is 5.75 Å². The molecule has 0 radical (unpaired) electrons. The summed E-state index contributed by atoms with van der Waals surface area (Å²) >= 11 is 0. The molecule has 0 aliphatic rings. The summed E-state index contributed by atoms with van der Waals surface area (Å²) in [6.45, 7) is 2.05. The maximum Gasteiger partial charge on any atom is 0.121 e. The quantitative estimate of drug-likeness (QED) is 0.898. The Bertz CT molecular complexity index is 534. The molecule has 0 spiro atoms. The van der Waals surface area contributed by atoms with Crippen LogP contribution in [0.15, 0.2) is 30.3 Å². The molecule has 1 N–H and O–H groups in total. The Kier molecular flexibility index (Phi) is 3.67. The van der Waals surface area contributed by atoms with Crippen molar-refractivity contribution >= 4 is 0 Å². The second-order valence-corrected chi connectivity index (χ2v) is 4.22. The van der Waals surface area contributed by atoms with Gasteiger partial charge >= 0.3 is 0 Å². The summed E-state index contributed by atoms with van der Waals surface area (Å²) in [6, 6.07) is 9.38. The molecule has 0 saturated carbocycles. The van der Waals surface area contributed by atoms with Gasteiger partial charge in [-0.05, 0) is 30.2 Å². The molecule has 2 aromatic rings. The molecule has 0 saturated heterocycles. The highest BCUT2D eigenvalue weighted by atomic mass is 16.5. The van der Waals surface area contributed by atoms with E-state index in [9.17, 15) is 5.11 Å². The van der Waals surface area contributed by atoms with Crippen LogP contribution in [0.4, 0.5) is 0 Å². The molecular weight excluding hydrogens is 228 g/mol. The van der Waals surface area contributed by atoms with E-state index in [-0.39, 0.29) is 0 Å². The standard InChI is InChI=1S/C14H18N2O2/c1-4-11-9-13(16(2)15-11)14(17)10-6-5-7-12(8-10)18-3/h5-9,14,17H,4H2,1-3H3. The van der Waals surface area contributed by atoms with Crippen LogP contribution in [-0.4, -0.2) is 22.0 Å². The zero-order valence-electron chi connectivity index (χ0n) is 10.9. The Morgan fingerprint density at radius 1 is 1.39 bits per heavy atom. The Hall–Kier alpha value is -1.81. The highest BCUT2D eigenvalue weighted by Crippen LogP contribution is 2.25. The number of aryl methyl sites for hydroxylation is 2. The molecule has 1 unspecified atom stereocenters. The highest BCUT2D eigenvalue weighted by molar-refractivity contribution is 5.33. The van der Waals surface area contributed by atoms with E-state index >= 15 is 0 Å². The number of rotatable bonds is 4. The predicted octanol–water partition coefficient (Wildman–Crippen LogP) is 2.07. The fourth-order valence-electron chi connectivity index (χ4n) is 1.95. The Morgan fingerprint density at radius 2 is 2.17 bits per heavy atom. The maximum absolute atomic E-state index is 10.4. The first-order valence-electron chi connectivity index (χ1n) is 6.00. The summed E-state index contributed by atoms with van der Waals surface area (Å²) in [7, 11) is 3.46. The van der Waals surface area contributed by atoms with E-state index in [2.05, 4.69) is 5.10 Å².